The molecule has 194 valence electrons. The van der Waals surface area contributed by atoms with Gasteiger partial charge in [-0.2, -0.15) is 5.10 Å². The molecular formula is C28H27N5O5. The van der Waals surface area contributed by atoms with Crippen molar-refractivity contribution in [2.24, 2.45) is 0 Å². The van der Waals surface area contributed by atoms with E-state index in [1.165, 1.54) is 0 Å². The van der Waals surface area contributed by atoms with Crippen molar-refractivity contribution in [2.75, 3.05) is 31.8 Å². The van der Waals surface area contributed by atoms with Gasteiger partial charge in [-0.15, -0.1) is 0 Å². The van der Waals surface area contributed by atoms with Crippen molar-refractivity contribution in [1.29, 1.82) is 0 Å². The molecule has 5 rings (SSSR count). The monoisotopic (exact) mass is 513 g/mol. The SMILES string of the molecule is CCN(C(=O)O)c1nc2ccc(-c3cc(Cc4n[nH]c(=O)c5ccccc45)ccc3OCCOC)cc2[nH]1. The molecule has 2 aromatic heterocycles. The zero-order chi connectivity index (χ0) is 26.6. The molecule has 0 fully saturated rings. The van der Waals surface area contributed by atoms with Gasteiger partial charge < -0.3 is 19.6 Å². The highest BCUT2D eigenvalue weighted by molar-refractivity contribution is 5.89. The van der Waals surface area contributed by atoms with Crippen molar-refractivity contribution in [3.05, 3.63) is 82.3 Å². The third-order valence-electron chi connectivity index (χ3n) is 6.32. The average Bonchev–Trinajstić information content (AvgIpc) is 3.34. The Kier molecular flexibility index (Phi) is 7.05. The molecule has 0 aliphatic carbocycles. The number of nitrogens with one attached hydrogen (secondary N) is 2. The van der Waals surface area contributed by atoms with E-state index in [0.717, 1.165) is 32.7 Å². The fourth-order valence-corrected chi connectivity index (χ4v) is 4.44. The maximum absolute atomic E-state index is 12.2. The third kappa shape index (κ3) is 4.94. The Morgan fingerprint density at radius 1 is 1.05 bits per heavy atom. The Morgan fingerprint density at radius 2 is 1.87 bits per heavy atom. The Hall–Kier alpha value is -4.70. The number of methoxy groups -OCH3 is 1. The molecule has 0 spiro atoms. The smallest absolute Gasteiger partial charge is 0.414 e. The lowest BCUT2D eigenvalue weighted by Gasteiger charge is -2.14. The van der Waals surface area contributed by atoms with Crippen LogP contribution in [0, 0.1) is 0 Å². The minimum Gasteiger partial charge on any atom is -0.491 e. The maximum Gasteiger partial charge on any atom is 0.414 e. The fourth-order valence-electron chi connectivity index (χ4n) is 4.44. The fraction of sp³-hybridized carbons (Fsp3) is 0.214. The second kappa shape index (κ2) is 10.7. The first kappa shape index (κ1) is 25.0. The number of anilines is 1. The van der Waals surface area contributed by atoms with Gasteiger partial charge in [-0.25, -0.2) is 19.8 Å². The zero-order valence-electron chi connectivity index (χ0n) is 21.0. The highest BCUT2D eigenvalue weighted by atomic mass is 16.5. The molecule has 5 aromatic rings. The van der Waals surface area contributed by atoms with Crippen LogP contribution in [-0.2, 0) is 11.2 Å². The van der Waals surface area contributed by atoms with Crippen molar-refractivity contribution in [1.82, 2.24) is 20.2 Å². The number of benzene rings is 3. The van der Waals surface area contributed by atoms with Crippen LogP contribution < -0.4 is 15.2 Å². The average molecular weight is 514 g/mol. The van der Waals surface area contributed by atoms with Crippen LogP contribution in [0.5, 0.6) is 5.75 Å². The van der Waals surface area contributed by atoms with Crippen LogP contribution in [0.4, 0.5) is 10.7 Å². The van der Waals surface area contributed by atoms with Gasteiger partial charge >= 0.3 is 6.09 Å². The molecular weight excluding hydrogens is 486 g/mol. The molecule has 3 N–H and O–H groups in total. The molecule has 0 aliphatic rings. The highest BCUT2D eigenvalue weighted by Gasteiger charge is 2.17. The van der Waals surface area contributed by atoms with Crippen LogP contribution in [0.3, 0.4) is 0 Å². The number of rotatable bonds is 9. The normalized spacial score (nSPS) is 11.2. The summed E-state index contributed by atoms with van der Waals surface area (Å²) >= 11 is 0. The Labute approximate surface area is 217 Å². The summed E-state index contributed by atoms with van der Waals surface area (Å²) in [6, 6.07) is 19.1. The summed E-state index contributed by atoms with van der Waals surface area (Å²) in [7, 11) is 1.62. The topological polar surface area (TPSA) is 133 Å². The van der Waals surface area contributed by atoms with E-state index in [2.05, 4.69) is 20.2 Å². The number of ether oxygens (including phenoxy) is 2. The van der Waals surface area contributed by atoms with Crippen molar-refractivity contribution in [3.8, 4) is 16.9 Å². The second-order valence-corrected chi connectivity index (χ2v) is 8.71. The first-order valence-corrected chi connectivity index (χ1v) is 12.2. The summed E-state index contributed by atoms with van der Waals surface area (Å²) in [4.78, 5) is 32.5. The van der Waals surface area contributed by atoms with Crippen molar-refractivity contribution >= 4 is 33.8 Å². The molecule has 0 saturated heterocycles. The second-order valence-electron chi connectivity index (χ2n) is 8.71. The number of carbonyl (C=O) groups is 1. The minimum atomic E-state index is -1.07. The van der Waals surface area contributed by atoms with Crippen LogP contribution in [0.2, 0.25) is 0 Å². The number of aromatic amines is 2. The molecule has 10 heteroatoms. The molecule has 10 nitrogen and oxygen atoms in total. The van der Waals surface area contributed by atoms with Gasteiger partial charge in [-0.1, -0.05) is 30.3 Å². The number of amides is 1. The summed E-state index contributed by atoms with van der Waals surface area (Å²) in [6.07, 6.45) is -0.569. The lowest BCUT2D eigenvalue weighted by atomic mass is 9.98. The van der Waals surface area contributed by atoms with Gasteiger partial charge in [0.15, 0.2) is 0 Å². The minimum absolute atomic E-state index is 0.219. The van der Waals surface area contributed by atoms with Gasteiger partial charge in [0.05, 0.1) is 28.7 Å². The van der Waals surface area contributed by atoms with Gasteiger partial charge in [0.2, 0.25) is 5.95 Å². The Balaban J connectivity index is 1.55. The molecule has 0 aliphatic heterocycles. The predicted octanol–water partition coefficient (Wildman–Crippen LogP) is 4.59. The number of carboxylic acid groups (broad SMARTS) is 1. The van der Waals surface area contributed by atoms with Gasteiger partial charge in [-0.05, 0) is 48.4 Å². The number of hydrogen-bond acceptors (Lipinski definition) is 6. The predicted molar refractivity (Wildman–Crippen MR) is 145 cm³/mol. The quantitative estimate of drug-likeness (QED) is 0.246. The van der Waals surface area contributed by atoms with Crippen molar-refractivity contribution in [2.45, 2.75) is 13.3 Å². The number of H-pyrrole nitrogens is 2. The molecule has 0 radical (unpaired) electrons. The number of fused-ring (bicyclic) bond motifs is 2. The van der Waals surface area contributed by atoms with E-state index in [1.807, 2.05) is 54.6 Å². The number of aromatic nitrogens is 4. The van der Waals surface area contributed by atoms with Crippen LogP contribution in [0.1, 0.15) is 18.2 Å². The first-order valence-electron chi connectivity index (χ1n) is 12.2. The molecule has 38 heavy (non-hydrogen) atoms. The summed E-state index contributed by atoms with van der Waals surface area (Å²) in [5.74, 6) is 0.957. The van der Waals surface area contributed by atoms with Crippen LogP contribution in [0.25, 0.3) is 32.9 Å². The largest absolute Gasteiger partial charge is 0.491 e. The molecule has 0 bridgehead atoms. The molecule has 0 unspecified atom stereocenters. The lowest BCUT2D eigenvalue weighted by molar-refractivity contribution is 0.146. The summed E-state index contributed by atoms with van der Waals surface area (Å²) in [5.41, 5.74) is 4.63. The van der Waals surface area contributed by atoms with Crippen LogP contribution in [0.15, 0.2) is 65.5 Å². The lowest BCUT2D eigenvalue weighted by Crippen LogP contribution is -2.29. The third-order valence-corrected chi connectivity index (χ3v) is 6.32. The van der Waals surface area contributed by atoms with Gasteiger partial charge in [0.1, 0.15) is 12.4 Å². The summed E-state index contributed by atoms with van der Waals surface area (Å²) in [5, 5.41) is 17.8. The Morgan fingerprint density at radius 3 is 2.63 bits per heavy atom. The first-order chi connectivity index (χ1) is 18.5. The number of imidazole rings is 1. The number of hydrogen-bond donors (Lipinski definition) is 3. The summed E-state index contributed by atoms with van der Waals surface area (Å²) in [6.45, 7) is 2.85. The molecule has 2 heterocycles. The Bertz CT molecular complexity index is 1680. The van der Waals surface area contributed by atoms with E-state index in [0.29, 0.717) is 41.8 Å². The van der Waals surface area contributed by atoms with E-state index >= 15 is 0 Å². The highest BCUT2D eigenvalue weighted by Crippen LogP contribution is 2.34. The molecule has 3 aromatic carbocycles. The van der Waals surface area contributed by atoms with Gasteiger partial charge in [-0.3, -0.25) is 4.79 Å². The number of nitrogens with zero attached hydrogens (tertiary/aromatic N) is 3. The molecule has 0 saturated carbocycles. The molecule has 0 atom stereocenters. The van der Waals surface area contributed by atoms with Crippen LogP contribution in [-0.4, -0.2) is 58.2 Å². The van der Waals surface area contributed by atoms with E-state index in [4.69, 9.17) is 9.47 Å². The van der Waals surface area contributed by atoms with Crippen molar-refractivity contribution < 1.29 is 19.4 Å². The zero-order valence-corrected chi connectivity index (χ0v) is 21.0. The molecule has 1 amide bonds. The van der Waals surface area contributed by atoms with E-state index in [1.54, 1.807) is 20.1 Å². The van der Waals surface area contributed by atoms with Crippen LogP contribution >= 0.6 is 0 Å². The van der Waals surface area contributed by atoms with E-state index in [9.17, 15) is 14.7 Å². The maximum atomic E-state index is 12.2. The van der Waals surface area contributed by atoms with E-state index in [-0.39, 0.29) is 18.1 Å². The summed E-state index contributed by atoms with van der Waals surface area (Å²) < 4.78 is 11.2. The van der Waals surface area contributed by atoms with Gasteiger partial charge in [0.25, 0.3) is 5.56 Å². The van der Waals surface area contributed by atoms with Gasteiger partial charge in [0, 0.05) is 31.0 Å². The standard InChI is InChI=1S/C28H27N5O5/c1-3-33(28(35)36)27-29-22-10-9-18(16-24(22)30-27)21-14-17(8-11-25(21)38-13-12-37-2)15-23-19-6-4-5-7-20(19)26(34)32-31-23/h4-11,14,16H,3,12-13,15H2,1-2H3,(H,29,30)(H,32,34)(H,35,36). The van der Waals surface area contributed by atoms with E-state index < -0.39 is 6.09 Å². The van der Waals surface area contributed by atoms with Crippen molar-refractivity contribution in [3.63, 3.8) is 0 Å².